The molecule has 0 spiro atoms. The number of hydrogen-bond donors (Lipinski definition) is 2. The van der Waals surface area contributed by atoms with Crippen LogP contribution in [-0.4, -0.2) is 42.4 Å². The Morgan fingerprint density at radius 1 is 1.42 bits per heavy atom. The van der Waals surface area contributed by atoms with Gasteiger partial charge < -0.3 is 15.5 Å². The normalized spacial score (nSPS) is 22.1. The zero-order chi connectivity index (χ0) is 13.4. The Hall–Kier alpha value is -1.88. The molecular formula is C14H17N3O2. The van der Waals surface area contributed by atoms with Crippen molar-refractivity contribution in [2.75, 3.05) is 25.0 Å². The van der Waals surface area contributed by atoms with Crippen LogP contribution >= 0.6 is 0 Å². The van der Waals surface area contributed by atoms with E-state index in [0.29, 0.717) is 18.0 Å². The topological polar surface area (TPSA) is 61.4 Å². The lowest BCUT2D eigenvalue weighted by atomic mass is 10.1. The Morgan fingerprint density at radius 2 is 2.26 bits per heavy atom. The molecule has 0 aromatic heterocycles. The van der Waals surface area contributed by atoms with Gasteiger partial charge in [0.1, 0.15) is 0 Å². The summed E-state index contributed by atoms with van der Waals surface area (Å²) in [6, 6.07) is 5.77. The number of carbonyl (C=O) groups excluding carboxylic acids is 2. The first-order valence-corrected chi connectivity index (χ1v) is 6.59. The van der Waals surface area contributed by atoms with Crippen molar-refractivity contribution in [2.45, 2.75) is 19.4 Å². The minimum Gasteiger partial charge on any atom is -0.336 e. The fraction of sp³-hybridized carbons (Fsp3) is 0.429. The molecule has 2 N–H and O–H groups in total. The molecule has 1 atom stereocenters. The van der Waals surface area contributed by atoms with Gasteiger partial charge in [0.2, 0.25) is 5.91 Å². The standard InChI is InChI=1S/C14H17N3O2/c1-9-8-17(5-4-15-9)14(19)10-2-3-12-11(6-10)7-13(18)16-12/h2-3,6,9,15H,4-5,7-8H2,1H3,(H,16,18)/t9-/m0/s1. The van der Waals surface area contributed by atoms with E-state index in [-0.39, 0.29) is 11.8 Å². The highest BCUT2D eigenvalue weighted by atomic mass is 16.2. The van der Waals surface area contributed by atoms with Gasteiger partial charge in [-0.25, -0.2) is 0 Å². The molecule has 2 aliphatic rings. The predicted octanol–water partition coefficient (Wildman–Crippen LogP) is 0.615. The molecule has 2 heterocycles. The molecule has 0 aliphatic carbocycles. The molecule has 1 aromatic rings. The number of nitrogens with zero attached hydrogens (tertiary/aromatic N) is 1. The molecule has 2 aliphatic heterocycles. The van der Waals surface area contributed by atoms with Gasteiger partial charge in [-0.2, -0.15) is 0 Å². The van der Waals surface area contributed by atoms with Crippen LogP contribution in [-0.2, 0) is 11.2 Å². The zero-order valence-corrected chi connectivity index (χ0v) is 10.9. The maximum Gasteiger partial charge on any atom is 0.253 e. The number of anilines is 1. The first-order valence-electron chi connectivity index (χ1n) is 6.59. The Morgan fingerprint density at radius 3 is 3.05 bits per heavy atom. The second-order valence-corrected chi connectivity index (χ2v) is 5.20. The minimum atomic E-state index is -0.00427. The van der Waals surface area contributed by atoms with E-state index in [9.17, 15) is 9.59 Å². The third-order valence-corrected chi connectivity index (χ3v) is 3.63. The van der Waals surface area contributed by atoms with Crippen molar-refractivity contribution >= 4 is 17.5 Å². The third kappa shape index (κ3) is 2.33. The van der Waals surface area contributed by atoms with Gasteiger partial charge in [-0.15, -0.1) is 0 Å². The molecule has 1 fully saturated rings. The van der Waals surface area contributed by atoms with Crippen molar-refractivity contribution in [2.24, 2.45) is 0 Å². The maximum atomic E-state index is 12.4. The van der Waals surface area contributed by atoms with E-state index in [2.05, 4.69) is 17.6 Å². The van der Waals surface area contributed by atoms with Gasteiger partial charge >= 0.3 is 0 Å². The van der Waals surface area contributed by atoms with Crippen LogP contribution in [0, 0.1) is 0 Å². The molecule has 0 unspecified atom stereocenters. The van der Waals surface area contributed by atoms with Crippen molar-refractivity contribution in [3.05, 3.63) is 29.3 Å². The number of piperazine rings is 1. The molecule has 0 saturated carbocycles. The first kappa shape index (κ1) is 12.2. The quantitative estimate of drug-likeness (QED) is 0.777. The zero-order valence-electron chi connectivity index (χ0n) is 10.9. The van der Waals surface area contributed by atoms with E-state index in [1.54, 1.807) is 6.07 Å². The Kier molecular flexibility index (Phi) is 2.98. The lowest BCUT2D eigenvalue weighted by molar-refractivity contribution is -0.115. The fourth-order valence-corrected chi connectivity index (χ4v) is 2.66. The summed E-state index contributed by atoms with van der Waals surface area (Å²) < 4.78 is 0. The Labute approximate surface area is 112 Å². The van der Waals surface area contributed by atoms with Crippen molar-refractivity contribution in [3.63, 3.8) is 0 Å². The summed E-state index contributed by atoms with van der Waals surface area (Å²) in [6.45, 7) is 4.37. The summed E-state index contributed by atoms with van der Waals surface area (Å²) in [6.07, 6.45) is 0.369. The Bertz CT molecular complexity index is 541. The number of amides is 2. The van der Waals surface area contributed by atoms with Gasteiger partial charge in [0, 0.05) is 36.9 Å². The second kappa shape index (κ2) is 4.66. The molecule has 5 heteroatoms. The molecule has 1 aromatic carbocycles. The minimum absolute atomic E-state index is 0.00427. The molecule has 0 radical (unpaired) electrons. The smallest absolute Gasteiger partial charge is 0.253 e. The lowest BCUT2D eigenvalue weighted by Crippen LogP contribution is -2.51. The van der Waals surface area contributed by atoms with Crippen LogP contribution in [0.4, 0.5) is 5.69 Å². The van der Waals surface area contributed by atoms with Crippen LogP contribution in [0.5, 0.6) is 0 Å². The summed E-state index contributed by atoms with van der Waals surface area (Å²) >= 11 is 0. The predicted molar refractivity (Wildman–Crippen MR) is 72.1 cm³/mol. The highest BCUT2D eigenvalue weighted by Gasteiger charge is 2.24. The molecule has 100 valence electrons. The van der Waals surface area contributed by atoms with Crippen LogP contribution in [0.2, 0.25) is 0 Å². The highest BCUT2D eigenvalue weighted by Crippen LogP contribution is 2.24. The van der Waals surface area contributed by atoms with Crippen molar-refractivity contribution in [3.8, 4) is 0 Å². The fourth-order valence-electron chi connectivity index (χ4n) is 2.66. The van der Waals surface area contributed by atoms with Crippen LogP contribution in [0.25, 0.3) is 0 Å². The van der Waals surface area contributed by atoms with Gasteiger partial charge in [-0.1, -0.05) is 0 Å². The molecule has 3 rings (SSSR count). The number of fused-ring (bicyclic) bond motifs is 1. The van der Waals surface area contributed by atoms with E-state index >= 15 is 0 Å². The summed E-state index contributed by atoms with van der Waals surface area (Å²) in [4.78, 5) is 25.6. The summed E-state index contributed by atoms with van der Waals surface area (Å²) in [7, 11) is 0. The van der Waals surface area contributed by atoms with E-state index in [1.165, 1.54) is 0 Å². The van der Waals surface area contributed by atoms with Gasteiger partial charge in [0.25, 0.3) is 5.91 Å². The maximum absolute atomic E-state index is 12.4. The second-order valence-electron chi connectivity index (χ2n) is 5.20. The van der Waals surface area contributed by atoms with Crippen LogP contribution in [0.3, 0.4) is 0 Å². The summed E-state index contributed by atoms with van der Waals surface area (Å²) in [5, 5.41) is 6.09. The van der Waals surface area contributed by atoms with Gasteiger partial charge in [0.15, 0.2) is 0 Å². The summed E-state index contributed by atoms with van der Waals surface area (Å²) in [5.74, 6) is 0.0471. The van der Waals surface area contributed by atoms with E-state index < -0.39 is 0 Å². The van der Waals surface area contributed by atoms with Crippen LogP contribution in [0.15, 0.2) is 18.2 Å². The van der Waals surface area contributed by atoms with Crippen molar-refractivity contribution in [1.29, 1.82) is 0 Å². The van der Waals surface area contributed by atoms with E-state index in [1.807, 2.05) is 17.0 Å². The molecular weight excluding hydrogens is 242 g/mol. The molecule has 0 bridgehead atoms. The Balaban J connectivity index is 1.81. The molecule has 1 saturated heterocycles. The average Bonchev–Trinajstić information content (AvgIpc) is 2.76. The van der Waals surface area contributed by atoms with Crippen LogP contribution < -0.4 is 10.6 Å². The lowest BCUT2D eigenvalue weighted by Gasteiger charge is -2.32. The van der Waals surface area contributed by atoms with Gasteiger partial charge in [-0.05, 0) is 30.7 Å². The highest BCUT2D eigenvalue weighted by molar-refractivity contribution is 6.01. The number of nitrogens with one attached hydrogen (secondary N) is 2. The first-order chi connectivity index (χ1) is 9.13. The van der Waals surface area contributed by atoms with E-state index in [4.69, 9.17) is 0 Å². The van der Waals surface area contributed by atoms with Gasteiger partial charge in [-0.3, -0.25) is 9.59 Å². The molecule has 2 amide bonds. The van der Waals surface area contributed by atoms with Crippen molar-refractivity contribution < 1.29 is 9.59 Å². The average molecular weight is 259 g/mol. The molecule has 19 heavy (non-hydrogen) atoms. The third-order valence-electron chi connectivity index (χ3n) is 3.63. The van der Waals surface area contributed by atoms with E-state index in [0.717, 1.165) is 30.9 Å². The SMILES string of the molecule is C[C@H]1CN(C(=O)c2ccc3c(c2)CC(=O)N3)CCN1. The number of hydrogen-bond acceptors (Lipinski definition) is 3. The number of rotatable bonds is 1. The summed E-state index contributed by atoms with van der Waals surface area (Å²) in [5.41, 5.74) is 2.42. The monoisotopic (exact) mass is 259 g/mol. The largest absolute Gasteiger partial charge is 0.336 e. The molecule has 5 nitrogen and oxygen atoms in total. The number of benzene rings is 1. The van der Waals surface area contributed by atoms with Crippen LogP contribution in [0.1, 0.15) is 22.8 Å². The van der Waals surface area contributed by atoms with Crippen molar-refractivity contribution in [1.82, 2.24) is 10.2 Å². The number of carbonyl (C=O) groups is 2. The van der Waals surface area contributed by atoms with Gasteiger partial charge in [0.05, 0.1) is 6.42 Å².